The smallest absolute Gasteiger partial charge is 0.0507 e. The molecule has 0 aliphatic heterocycles. The molecule has 2 nitrogen and oxygen atoms in total. The first-order valence-electron chi connectivity index (χ1n) is 8.56. The van der Waals surface area contributed by atoms with E-state index < -0.39 is 0 Å². The van der Waals surface area contributed by atoms with Crippen molar-refractivity contribution < 1.29 is 0 Å². The largest absolute Gasteiger partial charge is 0.308 e. The van der Waals surface area contributed by atoms with Crippen LogP contribution >= 0.6 is 0 Å². The molecule has 0 aromatic heterocycles. The van der Waals surface area contributed by atoms with E-state index in [2.05, 4.69) is 68.5 Å². The van der Waals surface area contributed by atoms with Gasteiger partial charge < -0.3 is 10.2 Å². The van der Waals surface area contributed by atoms with Crippen molar-refractivity contribution in [2.24, 2.45) is 5.92 Å². The summed E-state index contributed by atoms with van der Waals surface area (Å²) >= 11 is 0. The third kappa shape index (κ3) is 3.67. The molecule has 1 aromatic carbocycles. The molecule has 3 atom stereocenters. The molecule has 0 amide bonds. The highest BCUT2D eigenvalue weighted by Crippen LogP contribution is 2.44. The molecular weight excluding hydrogens is 256 g/mol. The van der Waals surface area contributed by atoms with Crippen molar-refractivity contribution in [3.63, 3.8) is 0 Å². The van der Waals surface area contributed by atoms with Gasteiger partial charge in [0.2, 0.25) is 0 Å². The van der Waals surface area contributed by atoms with Crippen LogP contribution in [0.1, 0.15) is 57.6 Å². The number of nitrogens with one attached hydrogen (secondary N) is 1. The summed E-state index contributed by atoms with van der Waals surface area (Å²) in [6.07, 6.45) is 6.49. The average Bonchev–Trinajstić information content (AvgIpc) is 2.48. The van der Waals surface area contributed by atoms with Gasteiger partial charge in [-0.1, -0.05) is 57.0 Å². The molecule has 0 saturated heterocycles. The molecule has 2 heteroatoms. The Morgan fingerprint density at radius 2 is 2.00 bits per heavy atom. The highest BCUT2D eigenvalue weighted by molar-refractivity contribution is 5.24. The Bertz CT molecular complexity index is 415. The van der Waals surface area contributed by atoms with Gasteiger partial charge in [0, 0.05) is 5.54 Å². The minimum atomic E-state index is 0.244. The molecule has 1 aromatic rings. The Morgan fingerprint density at radius 3 is 2.57 bits per heavy atom. The Labute approximate surface area is 130 Å². The van der Waals surface area contributed by atoms with Crippen LogP contribution in [-0.2, 0) is 0 Å². The van der Waals surface area contributed by atoms with E-state index in [0.29, 0.717) is 6.04 Å². The van der Waals surface area contributed by atoms with Crippen LogP contribution in [0, 0.1) is 5.92 Å². The minimum absolute atomic E-state index is 0.244. The molecule has 1 aliphatic rings. The molecule has 0 spiro atoms. The lowest BCUT2D eigenvalue weighted by atomic mass is 9.69. The molecule has 0 bridgehead atoms. The molecular formula is C19H32N2. The van der Waals surface area contributed by atoms with E-state index in [1.54, 1.807) is 0 Å². The fraction of sp³-hybridized carbons (Fsp3) is 0.684. The van der Waals surface area contributed by atoms with Gasteiger partial charge >= 0.3 is 0 Å². The molecule has 118 valence electrons. The molecule has 1 aliphatic carbocycles. The van der Waals surface area contributed by atoms with Crippen LogP contribution in [0.3, 0.4) is 0 Å². The molecule has 1 fully saturated rings. The van der Waals surface area contributed by atoms with Crippen molar-refractivity contribution in [3.8, 4) is 0 Å². The summed E-state index contributed by atoms with van der Waals surface area (Å²) in [5, 5.41) is 3.86. The van der Waals surface area contributed by atoms with Gasteiger partial charge in [-0.25, -0.2) is 0 Å². The molecule has 1 N–H and O–H groups in total. The highest BCUT2D eigenvalue weighted by Gasteiger charge is 2.43. The number of rotatable bonds is 6. The first-order chi connectivity index (χ1) is 10.1. The van der Waals surface area contributed by atoms with Crippen molar-refractivity contribution in [2.75, 3.05) is 20.6 Å². The van der Waals surface area contributed by atoms with Crippen LogP contribution in [0.2, 0.25) is 0 Å². The summed E-state index contributed by atoms with van der Waals surface area (Å²) < 4.78 is 0. The predicted molar refractivity (Wildman–Crippen MR) is 91.5 cm³/mol. The summed E-state index contributed by atoms with van der Waals surface area (Å²) in [5.74, 6) is 0.816. The summed E-state index contributed by atoms with van der Waals surface area (Å²) in [5.41, 5.74) is 1.68. The second-order valence-electron chi connectivity index (χ2n) is 7.00. The van der Waals surface area contributed by atoms with Gasteiger partial charge in [-0.2, -0.15) is 0 Å². The first kappa shape index (κ1) is 16.5. The van der Waals surface area contributed by atoms with E-state index in [0.717, 1.165) is 12.5 Å². The van der Waals surface area contributed by atoms with Gasteiger partial charge in [0.1, 0.15) is 0 Å². The molecule has 1 saturated carbocycles. The van der Waals surface area contributed by atoms with Crippen molar-refractivity contribution in [3.05, 3.63) is 35.9 Å². The lowest BCUT2D eigenvalue weighted by molar-refractivity contribution is 0.0367. The Kier molecular flexibility index (Phi) is 5.83. The standard InChI is InChI=1S/C19H32N2/c1-5-14-20-18(17-11-7-6-8-12-17)19(21(3)4)13-9-10-16(2)15-19/h6-8,11-12,16,18,20H,5,9-10,13-15H2,1-4H3. The first-order valence-corrected chi connectivity index (χ1v) is 8.56. The predicted octanol–water partition coefficient (Wildman–Crippen LogP) is 4.24. The lowest BCUT2D eigenvalue weighted by Gasteiger charge is -2.50. The third-order valence-electron chi connectivity index (χ3n) is 5.17. The van der Waals surface area contributed by atoms with E-state index in [9.17, 15) is 0 Å². The van der Waals surface area contributed by atoms with Gasteiger partial charge in [-0.15, -0.1) is 0 Å². The summed E-state index contributed by atoms with van der Waals surface area (Å²) in [4.78, 5) is 2.49. The fourth-order valence-corrected chi connectivity index (χ4v) is 4.04. The second-order valence-corrected chi connectivity index (χ2v) is 7.00. The maximum Gasteiger partial charge on any atom is 0.0507 e. The van der Waals surface area contributed by atoms with Crippen LogP contribution in [0.4, 0.5) is 0 Å². The monoisotopic (exact) mass is 288 g/mol. The Balaban J connectivity index is 2.35. The number of hydrogen-bond donors (Lipinski definition) is 1. The summed E-state index contributed by atoms with van der Waals surface area (Å²) in [6.45, 7) is 5.75. The molecule has 21 heavy (non-hydrogen) atoms. The number of nitrogens with zero attached hydrogens (tertiary/aromatic N) is 1. The fourth-order valence-electron chi connectivity index (χ4n) is 4.04. The molecule has 0 heterocycles. The van der Waals surface area contributed by atoms with Crippen molar-refractivity contribution in [1.82, 2.24) is 10.2 Å². The third-order valence-corrected chi connectivity index (χ3v) is 5.17. The van der Waals surface area contributed by atoms with Crippen LogP contribution in [0.15, 0.2) is 30.3 Å². The Hall–Kier alpha value is -0.860. The zero-order valence-electron chi connectivity index (χ0n) is 14.2. The Morgan fingerprint density at radius 1 is 1.29 bits per heavy atom. The normalized spacial score (nSPS) is 27.8. The van der Waals surface area contributed by atoms with Crippen LogP contribution in [0.25, 0.3) is 0 Å². The molecule has 0 radical (unpaired) electrons. The topological polar surface area (TPSA) is 15.3 Å². The van der Waals surface area contributed by atoms with Crippen LogP contribution in [-0.4, -0.2) is 31.1 Å². The van der Waals surface area contributed by atoms with Gasteiger partial charge in [0.05, 0.1) is 6.04 Å². The van der Waals surface area contributed by atoms with E-state index in [-0.39, 0.29) is 5.54 Å². The van der Waals surface area contributed by atoms with Gasteiger partial charge in [0.25, 0.3) is 0 Å². The van der Waals surface area contributed by atoms with E-state index in [1.807, 2.05) is 0 Å². The number of likely N-dealkylation sites (N-methyl/N-ethyl adjacent to an activating group) is 1. The quantitative estimate of drug-likeness (QED) is 0.842. The van der Waals surface area contributed by atoms with Gasteiger partial charge in [0.15, 0.2) is 0 Å². The molecule has 3 unspecified atom stereocenters. The zero-order chi connectivity index (χ0) is 15.3. The number of hydrogen-bond acceptors (Lipinski definition) is 2. The lowest BCUT2D eigenvalue weighted by Crippen LogP contribution is -2.56. The van der Waals surface area contributed by atoms with E-state index >= 15 is 0 Å². The van der Waals surface area contributed by atoms with Crippen LogP contribution in [0.5, 0.6) is 0 Å². The second kappa shape index (κ2) is 7.42. The van der Waals surface area contributed by atoms with Crippen molar-refractivity contribution in [2.45, 2.75) is 57.5 Å². The highest BCUT2D eigenvalue weighted by atomic mass is 15.2. The van der Waals surface area contributed by atoms with E-state index in [4.69, 9.17) is 0 Å². The van der Waals surface area contributed by atoms with E-state index in [1.165, 1.54) is 37.7 Å². The minimum Gasteiger partial charge on any atom is -0.308 e. The number of benzene rings is 1. The van der Waals surface area contributed by atoms with Crippen LogP contribution < -0.4 is 5.32 Å². The summed E-state index contributed by atoms with van der Waals surface area (Å²) in [7, 11) is 4.53. The molecule has 2 rings (SSSR count). The van der Waals surface area contributed by atoms with Gasteiger partial charge in [-0.05, 0) is 51.4 Å². The average molecular weight is 288 g/mol. The zero-order valence-corrected chi connectivity index (χ0v) is 14.2. The van der Waals surface area contributed by atoms with Crippen molar-refractivity contribution in [1.29, 1.82) is 0 Å². The summed E-state index contributed by atoms with van der Waals surface area (Å²) in [6, 6.07) is 11.5. The maximum absolute atomic E-state index is 3.86. The maximum atomic E-state index is 3.86. The van der Waals surface area contributed by atoms with Crippen molar-refractivity contribution >= 4 is 0 Å². The van der Waals surface area contributed by atoms with Gasteiger partial charge in [-0.3, -0.25) is 0 Å². The SMILES string of the molecule is CCCNC(c1ccccc1)C1(N(C)C)CCCC(C)C1.